The van der Waals surface area contributed by atoms with Crippen molar-refractivity contribution in [3.05, 3.63) is 35.2 Å². The number of hydrogen-bond acceptors (Lipinski definition) is 5. The third kappa shape index (κ3) is 3.45. The molecule has 22 heavy (non-hydrogen) atoms. The molecule has 1 amide bonds. The number of carbonyl (C=O) groups excluding carboxylic acids is 1. The fourth-order valence-electron chi connectivity index (χ4n) is 2.45. The Bertz CT molecular complexity index is 648. The van der Waals surface area contributed by atoms with Crippen LogP contribution in [0.5, 0.6) is 0 Å². The predicted molar refractivity (Wildman–Crippen MR) is 82.3 cm³/mol. The second kappa shape index (κ2) is 6.46. The highest BCUT2D eigenvalue weighted by atomic mass is 35.5. The van der Waals surface area contributed by atoms with Crippen LogP contribution in [0.4, 0.5) is 0 Å². The van der Waals surface area contributed by atoms with Gasteiger partial charge in [0.25, 0.3) is 0 Å². The molecule has 2 aromatic rings. The SMILES string of the molecule is CC(=O)N1CCN(Cc2nc(-c3ccc(Cl)cc3)no2)CC1. The lowest BCUT2D eigenvalue weighted by molar-refractivity contribution is -0.130. The van der Waals surface area contributed by atoms with Crippen molar-refractivity contribution in [2.75, 3.05) is 26.2 Å². The van der Waals surface area contributed by atoms with E-state index in [4.69, 9.17) is 16.1 Å². The monoisotopic (exact) mass is 320 g/mol. The minimum atomic E-state index is 0.127. The topological polar surface area (TPSA) is 62.5 Å². The third-order valence-corrected chi connectivity index (χ3v) is 4.00. The molecule has 0 bridgehead atoms. The van der Waals surface area contributed by atoms with E-state index in [0.717, 1.165) is 31.7 Å². The molecule has 0 spiro atoms. The van der Waals surface area contributed by atoms with Crippen LogP contribution in [0.2, 0.25) is 5.02 Å². The number of piperazine rings is 1. The van der Waals surface area contributed by atoms with E-state index < -0.39 is 0 Å². The van der Waals surface area contributed by atoms with Gasteiger partial charge in [-0.2, -0.15) is 4.98 Å². The molecule has 0 N–H and O–H groups in total. The minimum absolute atomic E-state index is 0.127. The average molecular weight is 321 g/mol. The van der Waals surface area contributed by atoms with Crippen LogP contribution in [-0.2, 0) is 11.3 Å². The predicted octanol–water partition coefficient (Wildman–Crippen LogP) is 2.05. The molecule has 0 saturated carbocycles. The van der Waals surface area contributed by atoms with Gasteiger partial charge in [-0.25, -0.2) is 0 Å². The number of aromatic nitrogens is 2. The van der Waals surface area contributed by atoms with Gasteiger partial charge in [-0.15, -0.1) is 0 Å². The van der Waals surface area contributed by atoms with Gasteiger partial charge in [0.1, 0.15) is 0 Å². The van der Waals surface area contributed by atoms with E-state index in [-0.39, 0.29) is 5.91 Å². The highest BCUT2D eigenvalue weighted by Crippen LogP contribution is 2.19. The number of rotatable bonds is 3. The summed E-state index contributed by atoms with van der Waals surface area (Å²) in [5.41, 5.74) is 0.876. The van der Waals surface area contributed by atoms with Crippen LogP contribution < -0.4 is 0 Å². The van der Waals surface area contributed by atoms with Gasteiger partial charge in [0.2, 0.25) is 17.6 Å². The van der Waals surface area contributed by atoms with Crippen molar-refractivity contribution in [1.82, 2.24) is 19.9 Å². The first-order valence-corrected chi connectivity index (χ1v) is 7.56. The van der Waals surface area contributed by atoms with Gasteiger partial charge in [0.15, 0.2) is 0 Å². The molecule has 0 aliphatic carbocycles. The zero-order valence-corrected chi connectivity index (χ0v) is 13.1. The van der Waals surface area contributed by atoms with Gasteiger partial charge in [-0.3, -0.25) is 9.69 Å². The van der Waals surface area contributed by atoms with Crippen molar-refractivity contribution in [2.24, 2.45) is 0 Å². The van der Waals surface area contributed by atoms with Crippen molar-refractivity contribution in [2.45, 2.75) is 13.5 Å². The largest absolute Gasteiger partial charge is 0.340 e. The summed E-state index contributed by atoms with van der Waals surface area (Å²) in [4.78, 5) is 19.8. The van der Waals surface area contributed by atoms with E-state index in [1.807, 2.05) is 17.0 Å². The standard InChI is InChI=1S/C15H17ClN4O2/c1-11(21)20-8-6-19(7-9-20)10-14-17-15(18-22-14)12-2-4-13(16)5-3-12/h2-5H,6-10H2,1H3. The molecular formula is C15H17ClN4O2. The smallest absolute Gasteiger partial charge is 0.241 e. The second-order valence-corrected chi connectivity index (χ2v) is 5.74. The number of hydrogen-bond donors (Lipinski definition) is 0. The van der Waals surface area contributed by atoms with Crippen LogP contribution in [0, 0.1) is 0 Å². The zero-order chi connectivity index (χ0) is 15.5. The molecule has 1 fully saturated rings. The summed E-state index contributed by atoms with van der Waals surface area (Å²) in [5, 5.41) is 4.68. The maximum absolute atomic E-state index is 11.3. The van der Waals surface area contributed by atoms with Crippen molar-refractivity contribution in [3.63, 3.8) is 0 Å². The van der Waals surface area contributed by atoms with E-state index >= 15 is 0 Å². The average Bonchev–Trinajstić information content (AvgIpc) is 2.97. The molecule has 1 aromatic heterocycles. The van der Waals surface area contributed by atoms with E-state index in [1.54, 1.807) is 19.1 Å². The van der Waals surface area contributed by atoms with Crippen LogP contribution >= 0.6 is 11.6 Å². The molecule has 0 unspecified atom stereocenters. The Morgan fingerprint density at radius 3 is 2.55 bits per heavy atom. The molecular weight excluding hydrogens is 304 g/mol. The molecule has 1 aliphatic heterocycles. The molecule has 2 heterocycles. The van der Waals surface area contributed by atoms with Crippen LogP contribution in [0.3, 0.4) is 0 Å². The first-order valence-electron chi connectivity index (χ1n) is 7.18. The first kappa shape index (κ1) is 15.0. The Balaban J connectivity index is 1.60. The lowest BCUT2D eigenvalue weighted by Gasteiger charge is -2.33. The number of carbonyl (C=O) groups is 1. The van der Waals surface area contributed by atoms with Crippen LogP contribution in [0.15, 0.2) is 28.8 Å². The summed E-state index contributed by atoms with van der Waals surface area (Å²) < 4.78 is 5.31. The maximum atomic E-state index is 11.3. The maximum Gasteiger partial charge on any atom is 0.241 e. The zero-order valence-electron chi connectivity index (χ0n) is 12.3. The van der Waals surface area contributed by atoms with Gasteiger partial charge in [0.05, 0.1) is 6.54 Å². The Morgan fingerprint density at radius 1 is 1.23 bits per heavy atom. The second-order valence-electron chi connectivity index (χ2n) is 5.30. The third-order valence-electron chi connectivity index (χ3n) is 3.75. The Morgan fingerprint density at radius 2 is 1.91 bits per heavy atom. The Hall–Kier alpha value is -1.92. The van der Waals surface area contributed by atoms with Gasteiger partial charge >= 0.3 is 0 Å². The van der Waals surface area contributed by atoms with E-state index in [1.165, 1.54) is 0 Å². The lowest BCUT2D eigenvalue weighted by atomic mass is 10.2. The summed E-state index contributed by atoms with van der Waals surface area (Å²) in [6, 6.07) is 7.33. The molecule has 7 heteroatoms. The molecule has 6 nitrogen and oxygen atoms in total. The summed E-state index contributed by atoms with van der Waals surface area (Å²) in [6.45, 7) is 5.33. The van der Waals surface area contributed by atoms with E-state index in [0.29, 0.717) is 23.3 Å². The van der Waals surface area contributed by atoms with E-state index in [9.17, 15) is 4.79 Å². The molecule has 1 saturated heterocycles. The Kier molecular flexibility index (Phi) is 4.40. The lowest BCUT2D eigenvalue weighted by Crippen LogP contribution is -2.47. The summed E-state index contributed by atoms with van der Waals surface area (Å²) in [5.74, 6) is 1.28. The summed E-state index contributed by atoms with van der Waals surface area (Å²) in [6.07, 6.45) is 0. The first-order chi connectivity index (χ1) is 10.6. The Labute approximate surface area is 133 Å². The van der Waals surface area contributed by atoms with Crippen molar-refractivity contribution in [3.8, 4) is 11.4 Å². The van der Waals surface area contributed by atoms with Gasteiger partial charge in [0, 0.05) is 43.7 Å². The molecule has 0 radical (unpaired) electrons. The fourth-order valence-corrected chi connectivity index (χ4v) is 2.57. The highest BCUT2D eigenvalue weighted by Gasteiger charge is 2.20. The highest BCUT2D eigenvalue weighted by molar-refractivity contribution is 6.30. The molecule has 116 valence electrons. The van der Waals surface area contributed by atoms with E-state index in [2.05, 4.69) is 15.0 Å². The van der Waals surface area contributed by atoms with Crippen molar-refractivity contribution >= 4 is 17.5 Å². The molecule has 1 aromatic carbocycles. The fraction of sp³-hybridized carbons (Fsp3) is 0.400. The molecule has 0 atom stereocenters. The number of halogens is 1. The summed E-state index contributed by atoms with van der Waals surface area (Å²) in [7, 11) is 0. The molecule has 1 aliphatic rings. The van der Waals surface area contributed by atoms with Gasteiger partial charge in [-0.05, 0) is 24.3 Å². The van der Waals surface area contributed by atoms with Crippen LogP contribution in [-0.4, -0.2) is 52.0 Å². The number of benzene rings is 1. The van der Waals surface area contributed by atoms with Crippen LogP contribution in [0.25, 0.3) is 11.4 Å². The van der Waals surface area contributed by atoms with Crippen LogP contribution in [0.1, 0.15) is 12.8 Å². The summed E-state index contributed by atoms with van der Waals surface area (Å²) >= 11 is 5.87. The van der Waals surface area contributed by atoms with Crippen molar-refractivity contribution < 1.29 is 9.32 Å². The quantitative estimate of drug-likeness (QED) is 0.866. The number of nitrogens with zero attached hydrogens (tertiary/aromatic N) is 4. The minimum Gasteiger partial charge on any atom is -0.340 e. The van der Waals surface area contributed by atoms with Gasteiger partial charge < -0.3 is 9.42 Å². The van der Waals surface area contributed by atoms with Gasteiger partial charge in [-0.1, -0.05) is 16.8 Å². The number of amides is 1. The normalized spacial score (nSPS) is 16.0. The molecule has 3 rings (SSSR count). The van der Waals surface area contributed by atoms with Crippen molar-refractivity contribution in [1.29, 1.82) is 0 Å².